The zero-order valence-corrected chi connectivity index (χ0v) is 31.7. The highest BCUT2D eigenvalue weighted by molar-refractivity contribution is 6.13. The molecule has 0 radical (unpaired) electrons. The van der Waals surface area contributed by atoms with Crippen molar-refractivity contribution in [3.8, 4) is 44.5 Å². The molecule has 11 rings (SSSR count). The second-order valence-electron chi connectivity index (χ2n) is 14.9. The summed E-state index contributed by atoms with van der Waals surface area (Å²) in [6.07, 6.45) is 0. The fourth-order valence-corrected chi connectivity index (χ4v) is 8.71. The minimum Gasteiger partial charge on any atom is -0.456 e. The number of hydrogen-bond donors (Lipinski definition) is 0. The summed E-state index contributed by atoms with van der Waals surface area (Å²) in [5.41, 5.74) is 14.5. The number of anilines is 3. The van der Waals surface area contributed by atoms with Crippen molar-refractivity contribution in [2.24, 2.45) is 0 Å². The molecule has 1 heterocycles. The molecule has 58 heavy (non-hydrogen) atoms. The smallest absolute Gasteiger partial charge is 0.137 e. The van der Waals surface area contributed by atoms with E-state index in [1.54, 1.807) is 0 Å². The van der Waals surface area contributed by atoms with E-state index in [0.717, 1.165) is 44.6 Å². The van der Waals surface area contributed by atoms with Crippen LogP contribution in [0.5, 0.6) is 0 Å². The highest BCUT2D eigenvalue weighted by atomic mass is 16.3. The molecule has 1 aromatic heterocycles. The number of para-hydroxylation sites is 1. The second kappa shape index (κ2) is 14.1. The number of nitrogens with zero attached hydrogens (tertiary/aromatic N) is 1. The lowest BCUT2D eigenvalue weighted by Gasteiger charge is -2.28. The number of benzene rings is 10. The van der Waals surface area contributed by atoms with E-state index < -0.39 is 0 Å². The van der Waals surface area contributed by atoms with Crippen molar-refractivity contribution in [1.29, 1.82) is 0 Å². The van der Waals surface area contributed by atoms with Gasteiger partial charge in [-0.2, -0.15) is 0 Å². The maximum Gasteiger partial charge on any atom is 0.137 e. The molecule has 0 aliphatic rings. The maximum absolute atomic E-state index is 6.44. The van der Waals surface area contributed by atoms with E-state index in [0.29, 0.717) is 0 Å². The van der Waals surface area contributed by atoms with Gasteiger partial charge in [-0.1, -0.05) is 182 Å². The van der Waals surface area contributed by atoms with Gasteiger partial charge in [-0.05, 0) is 109 Å². The predicted octanol–water partition coefficient (Wildman–Crippen LogP) is 16.0. The molecule has 0 atom stereocenters. The summed E-state index contributed by atoms with van der Waals surface area (Å²) in [5.74, 6) is 0. The van der Waals surface area contributed by atoms with Crippen molar-refractivity contribution in [3.05, 3.63) is 224 Å². The third-order valence-electron chi connectivity index (χ3n) is 11.5. The van der Waals surface area contributed by atoms with Gasteiger partial charge in [-0.3, -0.25) is 0 Å². The Hall–Kier alpha value is -7.68. The molecule has 0 aliphatic carbocycles. The van der Waals surface area contributed by atoms with Crippen molar-refractivity contribution in [3.63, 3.8) is 0 Å². The molecule has 0 spiro atoms. The first-order chi connectivity index (χ1) is 28.8. The van der Waals surface area contributed by atoms with Gasteiger partial charge in [0.15, 0.2) is 0 Å². The molecule has 0 saturated heterocycles. The van der Waals surface area contributed by atoms with Gasteiger partial charge in [0.2, 0.25) is 0 Å². The van der Waals surface area contributed by atoms with Crippen LogP contribution in [-0.2, 0) is 0 Å². The fourth-order valence-electron chi connectivity index (χ4n) is 8.71. The molecule has 0 fully saturated rings. The standard InChI is InChI=1S/C56H37NO/c1-2-13-42(14-3-1)52-37-45(35-36-50(52)49-23-11-18-41-16-5-7-20-48(41)49)57(53-24-12-26-55-56(53)51-21-8-9-25-54(51)58-55)44-33-31-39(32-34-44)38-27-29-43(30-28-38)47-22-10-17-40-15-4-6-19-46(40)47/h1-37H. The third-order valence-corrected chi connectivity index (χ3v) is 11.5. The van der Waals surface area contributed by atoms with Gasteiger partial charge >= 0.3 is 0 Å². The van der Waals surface area contributed by atoms with Crippen LogP contribution in [0.1, 0.15) is 0 Å². The highest BCUT2D eigenvalue weighted by Crippen LogP contribution is 2.46. The van der Waals surface area contributed by atoms with Crippen LogP contribution >= 0.6 is 0 Å². The topological polar surface area (TPSA) is 16.4 Å². The number of fused-ring (bicyclic) bond motifs is 5. The molecule has 0 bridgehead atoms. The maximum atomic E-state index is 6.44. The lowest BCUT2D eigenvalue weighted by molar-refractivity contribution is 0.669. The van der Waals surface area contributed by atoms with Crippen molar-refractivity contribution >= 4 is 60.5 Å². The van der Waals surface area contributed by atoms with E-state index in [4.69, 9.17) is 4.42 Å². The fraction of sp³-hybridized carbons (Fsp3) is 0. The van der Waals surface area contributed by atoms with Gasteiger partial charge in [-0.15, -0.1) is 0 Å². The summed E-state index contributed by atoms with van der Waals surface area (Å²) in [7, 11) is 0. The first-order valence-corrected chi connectivity index (χ1v) is 19.8. The first-order valence-electron chi connectivity index (χ1n) is 19.8. The molecule has 0 N–H and O–H groups in total. The van der Waals surface area contributed by atoms with Gasteiger partial charge in [0, 0.05) is 16.8 Å². The summed E-state index contributed by atoms with van der Waals surface area (Å²) in [6, 6.07) is 80.7. The minimum atomic E-state index is 0.863. The van der Waals surface area contributed by atoms with Crippen LogP contribution in [0.2, 0.25) is 0 Å². The molecule has 11 aromatic rings. The Balaban J connectivity index is 1.06. The summed E-state index contributed by atoms with van der Waals surface area (Å²) in [4.78, 5) is 2.39. The lowest BCUT2D eigenvalue weighted by atomic mass is 9.90. The molecule has 272 valence electrons. The van der Waals surface area contributed by atoms with Crippen molar-refractivity contribution < 1.29 is 4.42 Å². The van der Waals surface area contributed by atoms with Crippen LogP contribution in [0.25, 0.3) is 88.0 Å². The van der Waals surface area contributed by atoms with Gasteiger partial charge in [-0.25, -0.2) is 0 Å². The van der Waals surface area contributed by atoms with Gasteiger partial charge in [0.1, 0.15) is 11.2 Å². The molecule has 0 saturated carbocycles. The Morgan fingerprint density at radius 2 is 0.810 bits per heavy atom. The minimum absolute atomic E-state index is 0.863. The van der Waals surface area contributed by atoms with Crippen LogP contribution in [0.3, 0.4) is 0 Å². The zero-order valence-electron chi connectivity index (χ0n) is 31.7. The third kappa shape index (κ3) is 5.82. The quantitative estimate of drug-likeness (QED) is 0.162. The van der Waals surface area contributed by atoms with E-state index in [1.165, 1.54) is 60.5 Å². The normalized spacial score (nSPS) is 11.4. The Kier molecular flexibility index (Phi) is 8.19. The first kappa shape index (κ1) is 33.6. The molecular weight excluding hydrogens is 703 g/mol. The largest absolute Gasteiger partial charge is 0.456 e. The summed E-state index contributed by atoms with van der Waals surface area (Å²) in [6.45, 7) is 0. The van der Waals surface area contributed by atoms with Gasteiger partial charge < -0.3 is 9.32 Å². The van der Waals surface area contributed by atoms with Crippen LogP contribution < -0.4 is 4.90 Å². The Morgan fingerprint density at radius 1 is 0.293 bits per heavy atom. The van der Waals surface area contributed by atoms with Crippen molar-refractivity contribution in [2.45, 2.75) is 0 Å². The van der Waals surface area contributed by atoms with Crippen LogP contribution in [0.4, 0.5) is 17.1 Å². The number of furan rings is 1. The summed E-state index contributed by atoms with van der Waals surface area (Å²) < 4.78 is 6.44. The van der Waals surface area contributed by atoms with Gasteiger partial charge in [0.05, 0.1) is 11.1 Å². The van der Waals surface area contributed by atoms with E-state index in [-0.39, 0.29) is 0 Å². The average Bonchev–Trinajstić information content (AvgIpc) is 3.69. The van der Waals surface area contributed by atoms with Gasteiger partial charge in [0.25, 0.3) is 0 Å². The number of hydrogen-bond acceptors (Lipinski definition) is 2. The lowest BCUT2D eigenvalue weighted by Crippen LogP contribution is -2.10. The molecule has 0 unspecified atom stereocenters. The Bertz CT molecular complexity index is 3260. The molecule has 10 aromatic carbocycles. The molecule has 0 aliphatic heterocycles. The summed E-state index contributed by atoms with van der Waals surface area (Å²) >= 11 is 0. The number of rotatable bonds is 7. The van der Waals surface area contributed by atoms with E-state index in [1.807, 2.05) is 6.07 Å². The summed E-state index contributed by atoms with van der Waals surface area (Å²) in [5, 5.41) is 7.17. The predicted molar refractivity (Wildman–Crippen MR) is 245 cm³/mol. The Morgan fingerprint density at radius 3 is 1.55 bits per heavy atom. The molecular formula is C56H37NO. The molecule has 2 heteroatoms. The molecule has 0 amide bonds. The second-order valence-corrected chi connectivity index (χ2v) is 14.9. The van der Waals surface area contributed by atoms with E-state index in [2.05, 4.69) is 223 Å². The SMILES string of the molecule is c1ccc(-c2cc(N(c3ccc(-c4ccc(-c5cccc6ccccc56)cc4)cc3)c3cccc4oc5ccccc5c34)ccc2-c2cccc3ccccc23)cc1. The Labute approximate surface area is 337 Å². The highest BCUT2D eigenvalue weighted by Gasteiger charge is 2.21. The van der Waals surface area contributed by atoms with Crippen LogP contribution in [-0.4, -0.2) is 0 Å². The van der Waals surface area contributed by atoms with Crippen LogP contribution in [0.15, 0.2) is 229 Å². The van der Waals surface area contributed by atoms with Crippen molar-refractivity contribution in [2.75, 3.05) is 4.90 Å². The van der Waals surface area contributed by atoms with Crippen molar-refractivity contribution in [1.82, 2.24) is 0 Å². The average molecular weight is 740 g/mol. The molecule has 2 nitrogen and oxygen atoms in total. The van der Waals surface area contributed by atoms with E-state index in [9.17, 15) is 0 Å². The zero-order chi connectivity index (χ0) is 38.4. The van der Waals surface area contributed by atoms with E-state index >= 15 is 0 Å². The monoisotopic (exact) mass is 739 g/mol. The van der Waals surface area contributed by atoms with Crippen LogP contribution in [0, 0.1) is 0 Å².